The molecule has 0 saturated heterocycles. The average molecular weight is 375 g/mol. The molecular formula is C16H11BrN2O2S. The van der Waals surface area contributed by atoms with Gasteiger partial charge in [-0.3, -0.25) is 4.79 Å². The Morgan fingerprint density at radius 3 is 2.68 bits per heavy atom. The first kappa shape index (κ1) is 15.0. The van der Waals surface area contributed by atoms with Crippen LogP contribution in [0.15, 0.2) is 68.7 Å². The molecule has 1 heterocycles. The van der Waals surface area contributed by atoms with E-state index in [0.717, 1.165) is 10.0 Å². The lowest BCUT2D eigenvalue weighted by atomic mass is 10.2. The molecule has 0 saturated carbocycles. The molecule has 0 radical (unpaired) electrons. The molecule has 0 unspecified atom stereocenters. The van der Waals surface area contributed by atoms with Crippen LogP contribution >= 0.6 is 27.7 Å². The Bertz CT molecular complexity index is 790. The zero-order valence-electron chi connectivity index (χ0n) is 11.4. The van der Waals surface area contributed by atoms with E-state index >= 15 is 0 Å². The second kappa shape index (κ2) is 6.89. The van der Waals surface area contributed by atoms with Crippen LogP contribution in [0.25, 0.3) is 11.5 Å². The summed E-state index contributed by atoms with van der Waals surface area (Å²) in [7, 11) is 0. The first-order valence-electron chi connectivity index (χ1n) is 6.53. The summed E-state index contributed by atoms with van der Waals surface area (Å²) < 4.78 is 6.44. The summed E-state index contributed by atoms with van der Waals surface area (Å²) >= 11 is 4.60. The van der Waals surface area contributed by atoms with E-state index in [-0.39, 0.29) is 11.5 Å². The van der Waals surface area contributed by atoms with Gasteiger partial charge >= 0.3 is 0 Å². The number of thioether (sulfide) groups is 1. The molecule has 3 aromatic rings. The predicted molar refractivity (Wildman–Crippen MR) is 88.9 cm³/mol. The Balaban J connectivity index is 1.65. The number of rotatable bonds is 5. The van der Waals surface area contributed by atoms with E-state index in [4.69, 9.17) is 4.42 Å². The van der Waals surface area contributed by atoms with Gasteiger partial charge in [0.25, 0.3) is 5.22 Å². The number of Topliss-reactive ketones (excluding diaryl/α,β-unsaturated/α-hetero) is 1. The fourth-order valence-electron chi connectivity index (χ4n) is 1.84. The molecule has 1 aromatic heterocycles. The summed E-state index contributed by atoms with van der Waals surface area (Å²) in [5.74, 6) is 0.733. The van der Waals surface area contributed by atoms with E-state index < -0.39 is 0 Å². The number of halogens is 1. The Kier molecular flexibility index (Phi) is 4.70. The lowest BCUT2D eigenvalue weighted by Crippen LogP contribution is -2.02. The van der Waals surface area contributed by atoms with Gasteiger partial charge in [0.1, 0.15) is 0 Å². The highest BCUT2D eigenvalue weighted by atomic mass is 79.9. The minimum Gasteiger partial charge on any atom is -0.411 e. The molecule has 0 bridgehead atoms. The van der Waals surface area contributed by atoms with Crippen molar-refractivity contribution in [3.05, 3.63) is 64.6 Å². The topological polar surface area (TPSA) is 56.0 Å². The van der Waals surface area contributed by atoms with Crippen LogP contribution in [0.3, 0.4) is 0 Å². The summed E-state index contributed by atoms with van der Waals surface area (Å²) in [5.41, 5.74) is 1.52. The number of aromatic nitrogens is 2. The predicted octanol–water partition coefficient (Wildman–Crippen LogP) is 4.47. The lowest BCUT2D eigenvalue weighted by molar-refractivity contribution is 0.102. The summed E-state index contributed by atoms with van der Waals surface area (Å²) in [6.07, 6.45) is 0. The zero-order chi connectivity index (χ0) is 15.4. The van der Waals surface area contributed by atoms with Gasteiger partial charge in [-0.15, -0.1) is 10.2 Å². The Morgan fingerprint density at radius 1 is 1.09 bits per heavy atom. The normalized spacial score (nSPS) is 10.6. The number of carbonyl (C=O) groups excluding carboxylic acids is 1. The number of hydrogen-bond donors (Lipinski definition) is 0. The fourth-order valence-corrected chi connectivity index (χ4v) is 2.89. The van der Waals surface area contributed by atoms with Gasteiger partial charge in [-0.05, 0) is 24.3 Å². The molecule has 6 heteroatoms. The third-order valence-electron chi connectivity index (χ3n) is 2.90. The Hall–Kier alpha value is -1.92. The van der Waals surface area contributed by atoms with Crippen molar-refractivity contribution in [2.45, 2.75) is 5.22 Å². The fraction of sp³-hybridized carbons (Fsp3) is 0.0625. The van der Waals surface area contributed by atoms with Gasteiger partial charge in [-0.25, -0.2) is 0 Å². The molecule has 0 N–H and O–H groups in total. The van der Waals surface area contributed by atoms with E-state index in [0.29, 0.717) is 16.7 Å². The van der Waals surface area contributed by atoms with Crippen LogP contribution in [0, 0.1) is 0 Å². The van der Waals surface area contributed by atoms with Gasteiger partial charge in [-0.1, -0.05) is 58.0 Å². The zero-order valence-corrected chi connectivity index (χ0v) is 13.8. The van der Waals surface area contributed by atoms with E-state index in [1.807, 2.05) is 42.5 Å². The molecule has 0 aliphatic carbocycles. The molecule has 3 rings (SSSR count). The summed E-state index contributed by atoms with van der Waals surface area (Å²) in [5, 5.41) is 8.35. The molecule has 0 aliphatic rings. The largest absolute Gasteiger partial charge is 0.411 e. The maximum atomic E-state index is 12.1. The van der Waals surface area contributed by atoms with Crippen molar-refractivity contribution in [1.29, 1.82) is 0 Å². The molecular weight excluding hydrogens is 364 g/mol. The van der Waals surface area contributed by atoms with Crippen LogP contribution in [0.5, 0.6) is 0 Å². The molecule has 22 heavy (non-hydrogen) atoms. The third-order valence-corrected chi connectivity index (χ3v) is 4.21. The maximum Gasteiger partial charge on any atom is 0.277 e. The molecule has 4 nitrogen and oxygen atoms in total. The molecule has 0 aliphatic heterocycles. The van der Waals surface area contributed by atoms with Gasteiger partial charge in [0.2, 0.25) is 5.89 Å². The average Bonchev–Trinajstić information content (AvgIpc) is 3.02. The molecule has 0 amide bonds. The van der Waals surface area contributed by atoms with Crippen molar-refractivity contribution in [2.75, 3.05) is 5.75 Å². The first-order chi connectivity index (χ1) is 10.7. The third kappa shape index (κ3) is 3.64. The minimum absolute atomic E-state index is 0.0192. The highest BCUT2D eigenvalue weighted by Crippen LogP contribution is 2.23. The standard InChI is InChI=1S/C16H11BrN2O2S/c17-13-8-4-7-12(9-13)14(20)10-22-16-19-18-15(21-16)11-5-2-1-3-6-11/h1-9H,10H2. The number of ketones is 1. The quantitative estimate of drug-likeness (QED) is 0.486. The van der Waals surface area contributed by atoms with Gasteiger partial charge in [0.15, 0.2) is 5.78 Å². The van der Waals surface area contributed by atoms with Crippen molar-refractivity contribution in [1.82, 2.24) is 10.2 Å². The van der Waals surface area contributed by atoms with Crippen LogP contribution in [0.4, 0.5) is 0 Å². The monoisotopic (exact) mass is 374 g/mol. The minimum atomic E-state index is 0.0192. The molecule has 0 fully saturated rings. The SMILES string of the molecule is O=C(CSc1nnc(-c2ccccc2)o1)c1cccc(Br)c1. The van der Waals surface area contributed by atoms with Crippen LogP contribution in [-0.4, -0.2) is 21.7 Å². The highest BCUT2D eigenvalue weighted by Gasteiger charge is 2.12. The number of carbonyl (C=O) groups is 1. The maximum absolute atomic E-state index is 12.1. The summed E-state index contributed by atoms with van der Waals surface area (Å²) in [4.78, 5) is 12.1. The summed E-state index contributed by atoms with van der Waals surface area (Å²) in [6.45, 7) is 0. The van der Waals surface area contributed by atoms with Crippen LogP contribution in [-0.2, 0) is 0 Å². The number of nitrogens with zero attached hydrogens (tertiary/aromatic N) is 2. The molecule has 0 atom stereocenters. The van der Waals surface area contributed by atoms with Gasteiger partial charge in [0.05, 0.1) is 5.75 Å². The summed E-state index contributed by atoms with van der Waals surface area (Å²) in [6, 6.07) is 16.8. The molecule has 110 valence electrons. The van der Waals surface area contributed by atoms with Gasteiger partial charge in [0, 0.05) is 15.6 Å². The van der Waals surface area contributed by atoms with E-state index in [1.165, 1.54) is 11.8 Å². The van der Waals surface area contributed by atoms with E-state index in [1.54, 1.807) is 12.1 Å². The highest BCUT2D eigenvalue weighted by molar-refractivity contribution is 9.10. The Morgan fingerprint density at radius 2 is 1.91 bits per heavy atom. The van der Waals surface area contributed by atoms with Gasteiger partial charge < -0.3 is 4.42 Å². The van der Waals surface area contributed by atoms with Crippen LogP contribution < -0.4 is 0 Å². The Labute approximate surface area is 140 Å². The second-order valence-electron chi connectivity index (χ2n) is 4.46. The van der Waals surface area contributed by atoms with Crippen molar-refractivity contribution in [3.63, 3.8) is 0 Å². The number of benzene rings is 2. The van der Waals surface area contributed by atoms with E-state index in [9.17, 15) is 4.79 Å². The molecule has 0 spiro atoms. The van der Waals surface area contributed by atoms with Crippen molar-refractivity contribution < 1.29 is 9.21 Å². The van der Waals surface area contributed by atoms with E-state index in [2.05, 4.69) is 26.1 Å². The smallest absolute Gasteiger partial charge is 0.277 e. The van der Waals surface area contributed by atoms with Crippen LogP contribution in [0.2, 0.25) is 0 Å². The van der Waals surface area contributed by atoms with Crippen molar-refractivity contribution >= 4 is 33.5 Å². The number of hydrogen-bond acceptors (Lipinski definition) is 5. The van der Waals surface area contributed by atoms with Crippen LogP contribution in [0.1, 0.15) is 10.4 Å². The first-order valence-corrected chi connectivity index (χ1v) is 8.31. The van der Waals surface area contributed by atoms with Crippen molar-refractivity contribution in [2.24, 2.45) is 0 Å². The lowest BCUT2D eigenvalue weighted by Gasteiger charge is -1.99. The second-order valence-corrected chi connectivity index (χ2v) is 6.30. The molecule has 2 aromatic carbocycles. The van der Waals surface area contributed by atoms with Gasteiger partial charge in [-0.2, -0.15) is 0 Å². The van der Waals surface area contributed by atoms with Crippen molar-refractivity contribution in [3.8, 4) is 11.5 Å².